The summed E-state index contributed by atoms with van der Waals surface area (Å²) in [7, 11) is -3.66. The third-order valence-electron chi connectivity index (χ3n) is 3.09. The van der Waals surface area contributed by atoms with Crippen LogP contribution >= 0.6 is 11.3 Å². The van der Waals surface area contributed by atoms with E-state index in [0.29, 0.717) is 12.4 Å². The molecule has 1 aromatic heterocycles. The first-order chi connectivity index (χ1) is 10.4. The molecule has 0 spiro atoms. The van der Waals surface area contributed by atoms with E-state index in [9.17, 15) is 13.5 Å². The molecule has 7 heteroatoms. The minimum absolute atomic E-state index is 0.0604. The second kappa shape index (κ2) is 7.23. The van der Waals surface area contributed by atoms with E-state index in [1.165, 1.54) is 17.4 Å². The summed E-state index contributed by atoms with van der Waals surface area (Å²) >= 11 is 1.39. The van der Waals surface area contributed by atoms with Crippen molar-refractivity contribution in [1.29, 1.82) is 0 Å². The Morgan fingerprint density at radius 3 is 2.73 bits per heavy atom. The largest absolute Gasteiger partial charge is 0.494 e. The fourth-order valence-corrected chi connectivity index (χ4v) is 3.79. The zero-order valence-electron chi connectivity index (χ0n) is 12.4. The number of thiophene rings is 1. The molecule has 2 aromatic rings. The molecule has 1 atom stereocenters. The summed E-state index contributed by atoms with van der Waals surface area (Å²) in [5.74, 6) is 0.667. The number of hydrogen-bond donors (Lipinski definition) is 2. The first-order valence-electron chi connectivity index (χ1n) is 6.88. The number of aryl methyl sites for hydroxylation is 1. The van der Waals surface area contributed by atoms with Crippen LogP contribution in [0.1, 0.15) is 23.5 Å². The molecule has 120 valence electrons. The predicted octanol–water partition coefficient (Wildman–Crippen LogP) is 2.47. The van der Waals surface area contributed by atoms with Crippen molar-refractivity contribution < 1.29 is 18.3 Å². The lowest BCUT2D eigenvalue weighted by molar-refractivity contribution is 0.186. The van der Waals surface area contributed by atoms with Gasteiger partial charge >= 0.3 is 0 Å². The Kier molecular flexibility index (Phi) is 5.57. The standard InChI is InChI=1S/C15H19NO4S2/c1-3-20-14-7-6-12(9-11(14)2)22(18,19)16-10-13(17)15-5-4-8-21-15/h4-9,13,16-17H,3,10H2,1-2H3/t13-/m0/s1. The van der Waals surface area contributed by atoms with Gasteiger partial charge in [-0.25, -0.2) is 13.1 Å². The molecule has 1 aromatic carbocycles. The van der Waals surface area contributed by atoms with E-state index in [1.807, 2.05) is 18.4 Å². The van der Waals surface area contributed by atoms with Crippen LogP contribution in [0.4, 0.5) is 0 Å². The van der Waals surface area contributed by atoms with Gasteiger partial charge in [0.1, 0.15) is 11.9 Å². The van der Waals surface area contributed by atoms with E-state index < -0.39 is 16.1 Å². The molecule has 0 amide bonds. The molecule has 5 nitrogen and oxygen atoms in total. The molecule has 0 aliphatic heterocycles. The van der Waals surface area contributed by atoms with Crippen molar-refractivity contribution in [2.75, 3.05) is 13.2 Å². The minimum Gasteiger partial charge on any atom is -0.494 e. The maximum absolute atomic E-state index is 12.3. The number of aliphatic hydroxyl groups is 1. The van der Waals surface area contributed by atoms with E-state index in [2.05, 4.69) is 4.72 Å². The molecule has 0 bridgehead atoms. The molecule has 0 saturated heterocycles. The number of rotatable bonds is 7. The molecular formula is C15H19NO4S2. The van der Waals surface area contributed by atoms with Crippen molar-refractivity contribution >= 4 is 21.4 Å². The molecule has 22 heavy (non-hydrogen) atoms. The van der Waals surface area contributed by atoms with Gasteiger partial charge in [-0.15, -0.1) is 11.3 Å². The van der Waals surface area contributed by atoms with E-state index in [1.54, 1.807) is 25.1 Å². The fourth-order valence-electron chi connectivity index (χ4n) is 1.96. The third kappa shape index (κ3) is 4.07. The van der Waals surface area contributed by atoms with Crippen LogP contribution in [0.2, 0.25) is 0 Å². The van der Waals surface area contributed by atoms with Gasteiger partial charge in [0.05, 0.1) is 11.5 Å². The molecule has 0 fully saturated rings. The Balaban J connectivity index is 2.08. The third-order valence-corrected chi connectivity index (χ3v) is 5.49. The fraction of sp³-hybridized carbons (Fsp3) is 0.333. The van der Waals surface area contributed by atoms with Crippen LogP contribution in [-0.2, 0) is 10.0 Å². The van der Waals surface area contributed by atoms with Gasteiger partial charge in [-0.3, -0.25) is 0 Å². The Morgan fingerprint density at radius 2 is 2.14 bits per heavy atom. The molecule has 0 aliphatic carbocycles. The average Bonchev–Trinajstić information content (AvgIpc) is 3.01. The van der Waals surface area contributed by atoms with Gasteiger partial charge in [0.25, 0.3) is 0 Å². The minimum atomic E-state index is -3.66. The summed E-state index contributed by atoms with van der Waals surface area (Å²) in [4.78, 5) is 0.886. The van der Waals surface area contributed by atoms with Crippen LogP contribution in [-0.4, -0.2) is 26.7 Å². The smallest absolute Gasteiger partial charge is 0.240 e. The van der Waals surface area contributed by atoms with Crippen molar-refractivity contribution in [2.45, 2.75) is 24.8 Å². The molecular weight excluding hydrogens is 322 g/mol. The topological polar surface area (TPSA) is 75.6 Å². The number of nitrogens with one attached hydrogen (secondary N) is 1. The molecule has 2 rings (SSSR count). The van der Waals surface area contributed by atoms with Gasteiger partial charge in [0.2, 0.25) is 10.0 Å². The van der Waals surface area contributed by atoms with Crippen LogP contribution < -0.4 is 9.46 Å². The molecule has 0 unspecified atom stereocenters. The number of hydrogen-bond acceptors (Lipinski definition) is 5. The van der Waals surface area contributed by atoms with Gasteiger partial charge < -0.3 is 9.84 Å². The quantitative estimate of drug-likeness (QED) is 0.811. The second-order valence-corrected chi connectivity index (χ2v) is 7.49. The highest BCUT2D eigenvalue weighted by Gasteiger charge is 2.18. The van der Waals surface area contributed by atoms with Crippen LogP contribution in [0.25, 0.3) is 0 Å². The van der Waals surface area contributed by atoms with Crippen molar-refractivity contribution in [3.8, 4) is 5.75 Å². The predicted molar refractivity (Wildman–Crippen MR) is 86.8 cm³/mol. The molecule has 0 saturated carbocycles. The lowest BCUT2D eigenvalue weighted by Crippen LogP contribution is -2.28. The van der Waals surface area contributed by atoms with E-state index in [4.69, 9.17) is 4.74 Å². The maximum Gasteiger partial charge on any atom is 0.240 e. The molecule has 0 radical (unpaired) electrons. The van der Waals surface area contributed by atoms with Gasteiger partial charge in [0, 0.05) is 11.4 Å². The highest BCUT2D eigenvalue weighted by molar-refractivity contribution is 7.89. The van der Waals surface area contributed by atoms with E-state index in [-0.39, 0.29) is 11.4 Å². The summed E-state index contributed by atoms with van der Waals surface area (Å²) in [6.45, 7) is 4.13. The number of ether oxygens (including phenoxy) is 1. The molecule has 0 aliphatic rings. The van der Waals surface area contributed by atoms with Crippen molar-refractivity contribution in [3.05, 3.63) is 46.2 Å². The molecule has 1 heterocycles. The lowest BCUT2D eigenvalue weighted by Gasteiger charge is -2.12. The first-order valence-corrected chi connectivity index (χ1v) is 9.25. The van der Waals surface area contributed by atoms with Gasteiger partial charge in [-0.05, 0) is 49.1 Å². The zero-order valence-corrected chi connectivity index (χ0v) is 14.1. The number of aliphatic hydroxyl groups excluding tert-OH is 1. The lowest BCUT2D eigenvalue weighted by atomic mass is 10.2. The second-order valence-electron chi connectivity index (χ2n) is 4.74. The normalized spacial score (nSPS) is 13.0. The van der Waals surface area contributed by atoms with Gasteiger partial charge in [-0.1, -0.05) is 6.07 Å². The Labute approximate surface area is 134 Å². The first kappa shape index (κ1) is 17.0. The van der Waals surface area contributed by atoms with E-state index >= 15 is 0 Å². The van der Waals surface area contributed by atoms with E-state index in [0.717, 1.165) is 10.4 Å². The number of benzene rings is 1. The van der Waals surface area contributed by atoms with Crippen LogP contribution in [0.15, 0.2) is 40.6 Å². The van der Waals surface area contributed by atoms with Crippen LogP contribution in [0.5, 0.6) is 5.75 Å². The maximum atomic E-state index is 12.3. The summed E-state index contributed by atoms with van der Waals surface area (Å²) < 4.78 is 32.4. The average molecular weight is 341 g/mol. The van der Waals surface area contributed by atoms with Crippen molar-refractivity contribution in [2.24, 2.45) is 0 Å². The van der Waals surface area contributed by atoms with Gasteiger partial charge in [-0.2, -0.15) is 0 Å². The summed E-state index contributed by atoms with van der Waals surface area (Å²) in [5, 5.41) is 11.8. The van der Waals surface area contributed by atoms with Gasteiger partial charge in [0.15, 0.2) is 0 Å². The van der Waals surface area contributed by atoms with Crippen molar-refractivity contribution in [1.82, 2.24) is 4.72 Å². The molecule has 2 N–H and O–H groups in total. The Morgan fingerprint density at radius 1 is 1.36 bits per heavy atom. The summed E-state index contributed by atoms with van der Waals surface area (Å²) in [6, 6.07) is 8.28. The monoisotopic (exact) mass is 341 g/mol. The highest BCUT2D eigenvalue weighted by Crippen LogP contribution is 2.22. The van der Waals surface area contributed by atoms with Crippen molar-refractivity contribution in [3.63, 3.8) is 0 Å². The zero-order chi connectivity index (χ0) is 16.2. The number of sulfonamides is 1. The summed E-state index contributed by atoms with van der Waals surface area (Å²) in [6.07, 6.45) is -0.849. The van der Waals surface area contributed by atoms with Crippen LogP contribution in [0, 0.1) is 6.92 Å². The SMILES string of the molecule is CCOc1ccc(S(=O)(=O)NC[C@H](O)c2cccs2)cc1C. The Hall–Kier alpha value is -1.41. The highest BCUT2D eigenvalue weighted by atomic mass is 32.2. The summed E-state index contributed by atoms with van der Waals surface area (Å²) in [5.41, 5.74) is 0.753. The Bertz CT molecular complexity index is 711. The van der Waals surface area contributed by atoms with Crippen LogP contribution in [0.3, 0.4) is 0 Å².